The summed E-state index contributed by atoms with van der Waals surface area (Å²) in [5.41, 5.74) is 0.588. The summed E-state index contributed by atoms with van der Waals surface area (Å²) in [6.07, 6.45) is 0. The lowest BCUT2D eigenvalue weighted by Gasteiger charge is -2.06. The van der Waals surface area contributed by atoms with Crippen LogP contribution >= 0.6 is 0 Å². The summed E-state index contributed by atoms with van der Waals surface area (Å²) in [6, 6.07) is 9.57. The van der Waals surface area contributed by atoms with E-state index in [1.54, 1.807) is 6.07 Å². The van der Waals surface area contributed by atoms with Crippen molar-refractivity contribution in [2.75, 3.05) is 0 Å². The second kappa shape index (κ2) is 4.82. The van der Waals surface area contributed by atoms with E-state index < -0.39 is 11.6 Å². The lowest BCUT2D eigenvalue weighted by atomic mass is 10.2. The molecular formula is C13H10F2O2. The van der Waals surface area contributed by atoms with Crippen LogP contribution in [-0.4, -0.2) is 5.11 Å². The van der Waals surface area contributed by atoms with Crippen molar-refractivity contribution in [3.8, 4) is 11.5 Å². The maximum Gasteiger partial charge on any atom is 0.165 e. The Morgan fingerprint density at radius 3 is 2.35 bits per heavy atom. The van der Waals surface area contributed by atoms with Crippen LogP contribution in [-0.2, 0) is 6.61 Å². The molecule has 2 aromatic rings. The summed E-state index contributed by atoms with van der Waals surface area (Å²) < 4.78 is 30.9. The van der Waals surface area contributed by atoms with Gasteiger partial charge in [0.2, 0.25) is 0 Å². The van der Waals surface area contributed by atoms with Crippen LogP contribution in [0.2, 0.25) is 0 Å². The summed E-state index contributed by atoms with van der Waals surface area (Å²) in [5, 5.41) is 9.00. The number of hydrogen-bond acceptors (Lipinski definition) is 2. The van der Waals surface area contributed by atoms with Crippen molar-refractivity contribution < 1.29 is 18.6 Å². The molecule has 88 valence electrons. The Hall–Kier alpha value is -2.10. The first-order chi connectivity index (χ1) is 8.15. The molecule has 0 saturated heterocycles. The summed E-state index contributed by atoms with van der Waals surface area (Å²) in [4.78, 5) is 0. The fourth-order valence-electron chi connectivity index (χ4n) is 1.34. The van der Waals surface area contributed by atoms with Gasteiger partial charge < -0.3 is 9.84 Å². The molecule has 0 amide bonds. The zero-order valence-electron chi connectivity index (χ0n) is 8.86. The Balaban J connectivity index is 2.02. The van der Waals surface area contributed by atoms with E-state index in [2.05, 4.69) is 0 Å². The Kier molecular flexibility index (Phi) is 3.23. The van der Waals surface area contributed by atoms with E-state index >= 15 is 0 Å². The molecule has 0 radical (unpaired) electrons. The molecule has 0 atom stereocenters. The minimum absolute atomic E-state index is 0.156. The number of hydrogen-bond donors (Lipinski definition) is 1. The first-order valence-corrected chi connectivity index (χ1v) is 5.01. The Bertz CT molecular complexity index is 509. The number of phenolic OH excluding ortho intramolecular Hbond substituents is 1. The number of benzene rings is 2. The lowest BCUT2D eigenvalue weighted by Crippen LogP contribution is -1.96. The third-order valence-corrected chi connectivity index (χ3v) is 2.23. The predicted octanol–water partition coefficient (Wildman–Crippen LogP) is 3.25. The van der Waals surface area contributed by atoms with E-state index in [0.717, 1.165) is 0 Å². The van der Waals surface area contributed by atoms with Gasteiger partial charge in [0.1, 0.15) is 18.2 Å². The average molecular weight is 236 g/mol. The molecule has 17 heavy (non-hydrogen) atoms. The molecule has 0 saturated carbocycles. The van der Waals surface area contributed by atoms with Crippen LogP contribution in [0.4, 0.5) is 8.78 Å². The van der Waals surface area contributed by atoms with Crippen LogP contribution in [0.5, 0.6) is 11.5 Å². The fraction of sp³-hybridized carbons (Fsp3) is 0.0769. The van der Waals surface area contributed by atoms with Gasteiger partial charge in [0.25, 0.3) is 0 Å². The van der Waals surface area contributed by atoms with Gasteiger partial charge in [-0.05, 0) is 42.0 Å². The third-order valence-electron chi connectivity index (χ3n) is 2.23. The molecule has 2 rings (SSSR count). The van der Waals surface area contributed by atoms with Gasteiger partial charge in [-0.25, -0.2) is 8.78 Å². The number of aromatic hydroxyl groups is 1. The van der Waals surface area contributed by atoms with Crippen LogP contribution in [0.1, 0.15) is 5.56 Å². The van der Waals surface area contributed by atoms with Gasteiger partial charge in [0.15, 0.2) is 11.6 Å². The number of halogens is 2. The highest BCUT2D eigenvalue weighted by Crippen LogP contribution is 2.18. The Labute approximate surface area is 97.1 Å². The van der Waals surface area contributed by atoms with Crippen molar-refractivity contribution in [1.29, 1.82) is 0 Å². The molecule has 0 aliphatic heterocycles. The average Bonchev–Trinajstić information content (AvgIpc) is 2.33. The molecule has 4 heteroatoms. The van der Waals surface area contributed by atoms with Gasteiger partial charge in [-0.2, -0.15) is 0 Å². The molecule has 0 aromatic heterocycles. The molecule has 2 aromatic carbocycles. The second-order valence-corrected chi connectivity index (χ2v) is 3.53. The zero-order chi connectivity index (χ0) is 12.3. The molecule has 0 aliphatic rings. The summed E-state index contributed by atoms with van der Waals surface area (Å²) >= 11 is 0. The van der Waals surface area contributed by atoms with E-state index in [1.807, 2.05) is 0 Å². The van der Waals surface area contributed by atoms with Crippen LogP contribution in [0.15, 0.2) is 42.5 Å². The summed E-state index contributed by atoms with van der Waals surface area (Å²) in [6.45, 7) is 0.156. The zero-order valence-corrected chi connectivity index (χ0v) is 8.86. The monoisotopic (exact) mass is 236 g/mol. The Morgan fingerprint density at radius 2 is 1.71 bits per heavy atom. The predicted molar refractivity (Wildman–Crippen MR) is 58.8 cm³/mol. The summed E-state index contributed by atoms with van der Waals surface area (Å²) in [5.74, 6) is -0.923. The summed E-state index contributed by atoms with van der Waals surface area (Å²) in [7, 11) is 0. The fourth-order valence-corrected chi connectivity index (χ4v) is 1.34. The SMILES string of the molecule is Oc1ccc(COc2ccc(F)cc2)cc1F. The molecule has 0 spiro atoms. The maximum absolute atomic E-state index is 13.0. The van der Waals surface area contributed by atoms with Crippen molar-refractivity contribution in [2.24, 2.45) is 0 Å². The minimum Gasteiger partial charge on any atom is -0.505 e. The quantitative estimate of drug-likeness (QED) is 0.886. The lowest BCUT2D eigenvalue weighted by molar-refractivity contribution is 0.304. The van der Waals surface area contributed by atoms with Crippen molar-refractivity contribution in [2.45, 2.75) is 6.61 Å². The topological polar surface area (TPSA) is 29.5 Å². The minimum atomic E-state index is -0.690. The van der Waals surface area contributed by atoms with Crippen molar-refractivity contribution in [1.82, 2.24) is 0 Å². The first kappa shape index (κ1) is 11.4. The highest BCUT2D eigenvalue weighted by atomic mass is 19.1. The van der Waals surface area contributed by atoms with Gasteiger partial charge in [-0.1, -0.05) is 6.07 Å². The molecule has 1 N–H and O–H groups in total. The van der Waals surface area contributed by atoms with E-state index in [4.69, 9.17) is 9.84 Å². The Morgan fingerprint density at radius 1 is 1.00 bits per heavy atom. The standard InChI is InChI=1S/C13H10F2O2/c14-10-2-4-11(5-3-10)17-8-9-1-6-13(16)12(15)7-9/h1-7,16H,8H2. The van der Waals surface area contributed by atoms with Crippen molar-refractivity contribution in [3.05, 3.63) is 59.7 Å². The van der Waals surface area contributed by atoms with Crippen LogP contribution < -0.4 is 4.74 Å². The highest BCUT2D eigenvalue weighted by Gasteiger charge is 2.02. The van der Waals surface area contributed by atoms with Gasteiger partial charge >= 0.3 is 0 Å². The van der Waals surface area contributed by atoms with Gasteiger partial charge in [-0.15, -0.1) is 0 Å². The van der Waals surface area contributed by atoms with Gasteiger partial charge in [0.05, 0.1) is 0 Å². The van der Waals surface area contributed by atoms with Gasteiger partial charge in [-0.3, -0.25) is 0 Å². The first-order valence-electron chi connectivity index (χ1n) is 5.01. The van der Waals surface area contributed by atoms with E-state index in [0.29, 0.717) is 11.3 Å². The maximum atomic E-state index is 13.0. The molecule has 0 heterocycles. The largest absolute Gasteiger partial charge is 0.505 e. The number of phenols is 1. The molecular weight excluding hydrogens is 226 g/mol. The van der Waals surface area contributed by atoms with Crippen LogP contribution in [0, 0.1) is 11.6 Å². The molecule has 0 unspecified atom stereocenters. The van der Waals surface area contributed by atoms with Crippen molar-refractivity contribution >= 4 is 0 Å². The van der Waals surface area contributed by atoms with Crippen molar-refractivity contribution in [3.63, 3.8) is 0 Å². The van der Waals surface area contributed by atoms with Crippen LogP contribution in [0.3, 0.4) is 0 Å². The molecule has 0 bridgehead atoms. The number of ether oxygens (including phenoxy) is 1. The van der Waals surface area contributed by atoms with E-state index in [9.17, 15) is 8.78 Å². The van der Waals surface area contributed by atoms with Crippen LogP contribution in [0.25, 0.3) is 0 Å². The number of rotatable bonds is 3. The van der Waals surface area contributed by atoms with E-state index in [1.165, 1.54) is 36.4 Å². The molecule has 2 nitrogen and oxygen atoms in total. The molecule has 0 aliphatic carbocycles. The second-order valence-electron chi connectivity index (χ2n) is 3.53. The van der Waals surface area contributed by atoms with E-state index in [-0.39, 0.29) is 12.4 Å². The highest BCUT2D eigenvalue weighted by molar-refractivity contribution is 5.28. The van der Waals surface area contributed by atoms with Gasteiger partial charge in [0, 0.05) is 0 Å². The smallest absolute Gasteiger partial charge is 0.165 e. The molecule has 0 fully saturated rings. The third kappa shape index (κ3) is 2.93. The normalized spacial score (nSPS) is 10.2.